The summed E-state index contributed by atoms with van der Waals surface area (Å²) in [5, 5.41) is 3.09. The number of carbonyl (C=O) groups excluding carboxylic acids is 3. The Morgan fingerprint density at radius 1 is 0.774 bits per heavy atom. The number of methoxy groups -OCH3 is 2. The zero-order valence-electron chi connectivity index (χ0n) is 32.8. The van der Waals surface area contributed by atoms with E-state index in [0.29, 0.717) is 24.6 Å². The lowest BCUT2D eigenvalue weighted by molar-refractivity contribution is -0.117. The molecule has 0 bridgehead atoms. The number of amidine groups is 1. The number of hydrogen-bond donors (Lipinski definition) is 1. The Balaban J connectivity index is 1.46. The zero-order chi connectivity index (χ0) is 38.0. The van der Waals surface area contributed by atoms with Gasteiger partial charge in [-0.1, -0.05) is 134 Å². The first-order valence-corrected chi connectivity index (χ1v) is 19.8. The SMILES string of the molecule is CCCCCCCCCCCCCCCCCCN1Cc2ccccc2N=C1C(C(=O)Nc1cc(C)ccc1C)n1cnc(C(=O)OC)c1C(=O)OC. The molecule has 2 aromatic carbocycles. The average Bonchev–Trinajstić information content (AvgIpc) is 3.60. The average molecular weight is 728 g/mol. The largest absolute Gasteiger partial charge is 0.464 e. The van der Waals surface area contributed by atoms with E-state index in [1.54, 1.807) is 0 Å². The molecule has 4 rings (SSSR count). The van der Waals surface area contributed by atoms with Crippen molar-refractivity contribution in [2.24, 2.45) is 4.99 Å². The number of nitrogens with zero attached hydrogens (tertiary/aromatic N) is 4. The molecule has 1 atom stereocenters. The lowest BCUT2D eigenvalue weighted by Crippen LogP contribution is -2.45. The number of carbonyl (C=O) groups is 3. The summed E-state index contributed by atoms with van der Waals surface area (Å²) in [7, 11) is 2.44. The Labute approximate surface area is 316 Å². The molecule has 1 aliphatic heterocycles. The fourth-order valence-electron chi connectivity index (χ4n) is 7.05. The second-order valence-electron chi connectivity index (χ2n) is 14.4. The van der Waals surface area contributed by atoms with E-state index in [1.807, 2.05) is 56.3 Å². The van der Waals surface area contributed by atoms with E-state index < -0.39 is 23.9 Å². The molecule has 0 radical (unpaired) electrons. The van der Waals surface area contributed by atoms with Crippen LogP contribution in [0.25, 0.3) is 0 Å². The normalized spacial score (nSPS) is 12.9. The van der Waals surface area contributed by atoms with Crippen LogP contribution in [0.3, 0.4) is 0 Å². The van der Waals surface area contributed by atoms with Crippen molar-refractivity contribution in [3.05, 3.63) is 76.9 Å². The third-order valence-corrected chi connectivity index (χ3v) is 10.2. The van der Waals surface area contributed by atoms with Crippen molar-refractivity contribution >= 4 is 35.1 Å². The maximum absolute atomic E-state index is 14.5. The van der Waals surface area contributed by atoms with Gasteiger partial charge in [0.1, 0.15) is 5.84 Å². The molecule has 1 N–H and O–H groups in total. The topological polar surface area (TPSA) is 115 Å². The number of imidazole rings is 1. The van der Waals surface area contributed by atoms with Crippen molar-refractivity contribution in [3.63, 3.8) is 0 Å². The van der Waals surface area contributed by atoms with Crippen LogP contribution in [0.15, 0.2) is 53.8 Å². The van der Waals surface area contributed by atoms with E-state index in [2.05, 4.69) is 22.1 Å². The predicted molar refractivity (Wildman–Crippen MR) is 212 cm³/mol. The molecule has 1 unspecified atom stereocenters. The number of nitrogens with one attached hydrogen (secondary N) is 1. The first-order chi connectivity index (χ1) is 25.8. The number of esters is 2. The van der Waals surface area contributed by atoms with Crippen molar-refractivity contribution in [3.8, 4) is 0 Å². The van der Waals surface area contributed by atoms with Gasteiger partial charge in [-0.15, -0.1) is 0 Å². The van der Waals surface area contributed by atoms with Crippen LogP contribution in [-0.4, -0.2) is 58.9 Å². The molecule has 10 nitrogen and oxygen atoms in total. The van der Waals surface area contributed by atoms with Gasteiger partial charge in [-0.3, -0.25) is 4.79 Å². The van der Waals surface area contributed by atoms with Crippen molar-refractivity contribution in [2.75, 3.05) is 26.1 Å². The van der Waals surface area contributed by atoms with Crippen LogP contribution in [0.2, 0.25) is 0 Å². The number of aliphatic imine (C=N–C) groups is 1. The van der Waals surface area contributed by atoms with Gasteiger partial charge in [-0.05, 0) is 49.1 Å². The quantitative estimate of drug-likeness (QED) is 0.0764. The summed E-state index contributed by atoms with van der Waals surface area (Å²) in [4.78, 5) is 52.0. The molecule has 10 heteroatoms. The molecule has 0 fully saturated rings. The van der Waals surface area contributed by atoms with Gasteiger partial charge in [-0.25, -0.2) is 19.6 Å². The number of aryl methyl sites for hydroxylation is 2. The highest BCUT2D eigenvalue weighted by Gasteiger charge is 2.38. The first-order valence-electron chi connectivity index (χ1n) is 19.8. The van der Waals surface area contributed by atoms with E-state index >= 15 is 0 Å². The van der Waals surface area contributed by atoms with Gasteiger partial charge in [0.2, 0.25) is 0 Å². The first kappa shape index (κ1) is 41.3. The Hall–Kier alpha value is -4.47. The number of aromatic nitrogens is 2. The van der Waals surface area contributed by atoms with E-state index in [1.165, 1.54) is 109 Å². The van der Waals surface area contributed by atoms with E-state index in [4.69, 9.17) is 14.5 Å². The summed E-state index contributed by atoms with van der Waals surface area (Å²) >= 11 is 0. The highest BCUT2D eigenvalue weighted by atomic mass is 16.5. The zero-order valence-corrected chi connectivity index (χ0v) is 32.8. The van der Waals surface area contributed by atoms with Crippen LogP contribution in [0.5, 0.6) is 0 Å². The van der Waals surface area contributed by atoms with Crippen molar-refractivity contribution in [1.82, 2.24) is 14.5 Å². The minimum Gasteiger partial charge on any atom is -0.464 e. The second-order valence-corrected chi connectivity index (χ2v) is 14.4. The molecule has 0 spiro atoms. The molecule has 0 saturated carbocycles. The lowest BCUT2D eigenvalue weighted by Gasteiger charge is -2.35. The number of ether oxygens (including phenoxy) is 2. The number of anilines is 1. The molecule has 288 valence electrons. The Morgan fingerprint density at radius 2 is 1.36 bits per heavy atom. The summed E-state index contributed by atoms with van der Waals surface area (Å²) in [5.74, 6) is -1.58. The highest BCUT2D eigenvalue weighted by molar-refractivity contribution is 6.12. The third-order valence-electron chi connectivity index (χ3n) is 10.2. The number of amides is 1. The van der Waals surface area contributed by atoms with Gasteiger partial charge >= 0.3 is 11.9 Å². The molecular weight excluding hydrogens is 667 g/mol. The van der Waals surface area contributed by atoms with Gasteiger partial charge < -0.3 is 24.3 Å². The highest BCUT2D eigenvalue weighted by Crippen LogP contribution is 2.32. The standard InChI is InChI=1S/C43H61N5O5/c1-6-7-8-9-10-11-12-13-14-15-16-17-18-19-20-23-28-47-30-34-24-21-22-25-35(34)45-40(47)39(41(49)46-36-29-32(2)26-27-33(36)3)48-31-44-37(42(50)52-4)38(48)43(51)53-5/h21-22,24-27,29,31,39H,6-20,23,28,30H2,1-5H3,(H,46,49). The maximum Gasteiger partial charge on any atom is 0.359 e. The number of hydrogen-bond acceptors (Lipinski definition) is 8. The van der Waals surface area contributed by atoms with Crippen LogP contribution < -0.4 is 5.32 Å². The molecule has 0 saturated heterocycles. The van der Waals surface area contributed by atoms with Crippen LogP contribution in [0.4, 0.5) is 11.4 Å². The molecule has 2 heterocycles. The summed E-state index contributed by atoms with van der Waals surface area (Å²) in [5.41, 5.74) is 3.92. The van der Waals surface area contributed by atoms with E-state index in [-0.39, 0.29) is 11.4 Å². The van der Waals surface area contributed by atoms with Crippen LogP contribution >= 0.6 is 0 Å². The molecule has 1 aromatic heterocycles. The molecule has 1 amide bonds. The number of para-hydroxylation sites is 1. The molecule has 53 heavy (non-hydrogen) atoms. The predicted octanol–water partition coefficient (Wildman–Crippen LogP) is 10.1. The van der Waals surface area contributed by atoms with Crippen molar-refractivity contribution in [1.29, 1.82) is 0 Å². The fraction of sp³-hybridized carbons (Fsp3) is 0.558. The van der Waals surface area contributed by atoms with E-state index in [0.717, 1.165) is 41.6 Å². The summed E-state index contributed by atoms with van der Waals surface area (Å²) in [6.45, 7) is 7.38. The lowest BCUT2D eigenvalue weighted by atomic mass is 10.0. The smallest absolute Gasteiger partial charge is 0.359 e. The van der Waals surface area contributed by atoms with Crippen LogP contribution in [0, 0.1) is 13.8 Å². The Morgan fingerprint density at radius 3 is 1.96 bits per heavy atom. The minimum absolute atomic E-state index is 0.176. The molecule has 0 aliphatic carbocycles. The number of rotatable bonds is 23. The summed E-state index contributed by atoms with van der Waals surface area (Å²) in [6.07, 6.45) is 21.9. The monoisotopic (exact) mass is 727 g/mol. The van der Waals surface area contributed by atoms with Crippen molar-refractivity contribution < 1.29 is 23.9 Å². The number of unbranched alkanes of at least 4 members (excludes halogenated alkanes) is 15. The minimum atomic E-state index is -1.15. The van der Waals surface area contributed by atoms with Crippen LogP contribution in [0.1, 0.15) is 153 Å². The summed E-state index contributed by atoms with van der Waals surface area (Å²) < 4.78 is 11.4. The molecule has 3 aromatic rings. The van der Waals surface area contributed by atoms with Gasteiger partial charge in [0, 0.05) is 18.8 Å². The van der Waals surface area contributed by atoms with Crippen molar-refractivity contribution in [2.45, 2.75) is 136 Å². The fourth-order valence-corrected chi connectivity index (χ4v) is 7.05. The summed E-state index contributed by atoms with van der Waals surface area (Å²) in [6, 6.07) is 12.6. The molecular formula is C43H61N5O5. The molecule has 1 aliphatic rings. The van der Waals surface area contributed by atoms with Gasteiger partial charge in [-0.2, -0.15) is 0 Å². The maximum atomic E-state index is 14.5. The van der Waals surface area contributed by atoms with Gasteiger partial charge in [0.15, 0.2) is 17.4 Å². The van der Waals surface area contributed by atoms with E-state index in [9.17, 15) is 14.4 Å². The Bertz CT molecular complexity index is 1660. The third kappa shape index (κ3) is 12.0. The van der Waals surface area contributed by atoms with Gasteiger partial charge in [0.05, 0.1) is 26.2 Å². The Kier molecular flexibility index (Phi) is 17.1. The van der Waals surface area contributed by atoms with Crippen LogP contribution in [-0.2, 0) is 20.8 Å². The number of fused-ring (bicyclic) bond motifs is 1. The number of benzene rings is 2. The second kappa shape index (κ2) is 21.9. The van der Waals surface area contributed by atoms with Gasteiger partial charge in [0.25, 0.3) is 5.91 Å².